The van der Waals surface area contributed by atoms with E-state index in [1.54, 1.807) is 12.4 Å². The minimum atomic E-state index is -1.10. The van der Waals surface area contributed by atoms with Gasteiger partial charge in [-0.2, -0.15) is 0 Å². The van der Waals surface area contributed by atoms with E-state index in [0.29, 0.717) is 31.0 Å². The predicted octanol–water partition coefficient (Wildman–Crippen LogP) is 2.14. The molecule has 4 rings (SSSR count). The summed E-state index contributed by atoms with van der Waals surface area (Å²) >= 11 is 0. The summed E-state index contributed by atoms with van der Waals surface area (Å²) in [5.74, 6) is 0. The minimum Gasteiger partial charge on any atom is -0.465 e. The largest absolute Gasteiger partial charge is 0.465 e. The van der Waals surface area contributed by atoms with E-state index < -0.39 is 11.0 Å². The molecule has 2 N–H and O–H groups in total. The molecule has 2 atom stereocenters. The van der Waals surface area contributed by atoms with Gasteiger partial charge < -0.3 is 24.6 Å². The number of benzene rings is 1. The standard InChI is InChI=1S/C17H21N5O5/c23-17(24)18-8-11-2-1-6-20(11)16-14(22(25)26)4-3-13-15(16)19-10-21(13)12-5-7-27-9-12/h3-4,10-12,18H,1-2,5-9H2,(H,23,24). The van der Waals surface area contributed by atoms with Gasteiger partial charge in [-0.25, -0.2) is 9.78 Å². The molecule has 144 valence electrons. The summed E-state index contributed by atoms with van der Waals surface area (Å²) in [6.45, 7) is 2.15. The number of hydrogen-bond donors (Lipinski definition) is 2. The van der Waals surface area contributed by atoms with E-state index in [4.69, 9.17) is 9.84 Å². The molecule has 0 aliphatic carbocycles. The van der Waals surface area contributed by atoms with Crippen molar-refractivity contribution in [3.05, 3.63) is 28.6 Å². The molecule has 2 fully saturated rings. The molecular formula is C17H21N5O5. The summed E-state index contributed by atoms with van der Waals surface area (Å²) in [6, 6.07) is 3.30. The second kappa shape index (κ2) is 7.03. The van der Waals surface area contributed by atoms with Gasteiger partial charge in [-0.05, 0) is 25.3 Å². The lowest BCUT2D eigenvalue weighted by Gasteiger charge is -2.26. The second-order valence-electron chi connectivity index (χ2n) is 6.90. The number of imidazole rings is 1. The molecule has 2 aliphatic rings. The number of rotatable bonds is 5. The molecule has 2 aromatic rings. The van der Waals surface area contributed by atoms with Crippen LogP contribution in [0.25, 0.3) is 11.0 Å². The SMILES string of the molecule is O=C(O)NCC1CCCN1c1c([N+](=O)[O-])ccc2c1ncn2C1CCOC1. The summed E-state index contributed by atoms with van der Waals surface area (Å²) in [4.78, 5) is 28.6. The van der Waals surface area contributed by atoms with Gasteiger partial charge in [0.15, 0.2) is 0 Å². The molecule has 0 saturated carbocycles. The Labute approximate surface area is 154 Å². The molecule has 0 radical (unpaired) electrons. The number of carboxylic acid groups (broad SMARTS) is 1. The average Bonchev–Trinajstić information content (AvgIpc) is 3.37. The lowest BCUT2D eigenvalue weighted by Crippen LogP contribution is -2.40. The first-order chi connectivity index (χ1) is 13.1. The van der Waals surface area contributed by atoms with Gasteiger partial charge in [0.1, 0.15) is 11.2 Å². The maximum atomic E-state index is 11.7. The highest BCUT2D eigenvalue weighted by Gasteiger charge is 2.33. The van der Waals surface area contributed by atoms with Crippen LogP contribution in [0.1, 0.15) is 25.3 Å². The number of nitro groups is 1. The maximum Gasteiger partial charge on any atom is 0.404 e. The molecule has 2 saturated heterocycles. The number of anilines is 1. The van der Waals surface area contributed by atoms with Crippen LogP contribution in [-0.2, 0) is 4.74 Å². The van der Waals surface area contributed by atoms with Crippen molar-refractivity contribution in [2.24, 2.45) is 0 Å². The summed E-state index contributed by atoms with van der Waals surface area (Å²) in [7, 11) is 0. The van der Waals surface area contributed by atoms with Crippen molar-refractivity contribution in [2.45, 2.75) is 31.3 Å². The van der Waals surface area contributed by atoms with Crippen molar-refractivity contribution in [3.8, 4) is 0 Å². The normalized spacial score (nSPS) is 22.4. The topological polar surface area (TPSA) is 123 Å². The minimum absolute atomic E-state index is 0.00218. The third-order valence-electron chi connectivity index (χ3n) is 5.35. The molecule has 0 spiro atoms. The molecule has 1 aromatic heterocycles. The van der Waals surface area contributed by atoms with Crippen LogP contribution in [0.5, 0.6) is 0 Å². The van der Waals surface area contributed by atoms with Crippen LogP contribution in [-0.4, -0.2) is 58.0 Å². The van der Waals surface area contributed by atoms with Gasteiger partial charge in [0.2, 0.25) is 0 Å². The van der Waals surface area contributed by atoms with E-state index in [1.165, 1.54) is 6.07 Å². The number of nitrogens with one attached hydrogen (secondary N) is 1. The van der Waals surface area contributed by atoms with Crippen molar-refractivity contribution >= 4 is 28.5 Å². The van der Waals surface area contributed by atoms with Gasteiger partial charge in [-0.3, -0.25) is 10.1 Å². The van der Waals surface area contributed by atoms with Gasteiger partial charge >= 0.3 is 6.09 Å². The Morgan fingerprint density at radius 3 is 3.00 bits per heavy atom. The summed E-state index contributed by atoms with van der Waals surface area (Å²) in [5, 5.41) is 23.0. The fourth-order valence-electron chi connectivity index (χ4n) is 4.09. The van der Waals surface area contributed by atoms with Crippen molar-refractivity contribution < 1.29 is 19.6 Å². The van der Waals surface area contributed by atoms with Gasteiger partial charge in [0.25, 0.3) is 5.69 Å². The second-order valence-corrected chi connectivity index (χ2v) is 6.90. The molecule has 10 heteroatoms. The van der Waals surface area contributed by atoms with Crippen molar-refractivity contribution in [3.63, 3.8) is 0 Å². The summed E-state index contributed by atoms with van der Waals surface area (Å²) in [5.41, 5.74) is 1.89. The Kier molecular flexibility index (Phi) is 4.56. The highest BCUT2D eigenvalue weighted by molar-refractivity contribution is 5.95. The van der Waals surface area contributed by atoms with E-state index in [2.05, 4.69) is 10.3 Å². The molecule has 3 heterocycles. The van der Waals surface area contributed by atoms with E-state index >= 15 is 0 Å². The molecule has 2 aliphatic heterocycles. The van der Waals surface area contributed by atoms with E-state index in [1.807, 2.05) is 9.47 Å². The molecule has 27 heavy (non-hydrogen) atoms. The van der Waals surface area contributed by atoms with Gasteiger partial charge in [0.05, 0.1) is 29.4 Å². The fraction of sp³-hybridized carbons (Fsp3) is 0.529. The van der Waals surface area contributed by atoms with E-state index in [0.717, 1.165) is 24.8 Å². The monoisotopic (exact) mass is 375 g/mol. The molecule has 10 nitrogen and oxygen atoms in total. The van der Waals surface area contributed by atoms with Gasteiger partial charge in [0, 0.05) is 31.8 Å². The van der Waals surface area contributed by atoms with Crippen molar-refractivity contribution in [2.75, 3.05) is 31.2 Å². The molecular weight excluding hydrogens is 354 g/mol. The fourth-order valence-corrected chi connectivity index (χ4v) is 4.09. The number of nitrogens with zero attached hydrogens (tertiary/aromatic N) is 4. The molecule has 1 amide bonds. The Morgan fingerprint density at radius 1 is 1.44 bits per heavy atom. The van der Waals surface area contributed by atoms with Crippen molar-refractivity contribution in [1.82, 2.24) is 14.9 Å². The van der Waals surface area contributed by atoms with E-state index in [-0.39, 0.29) is 24.3 Å². The van der Waals surface area contributed by atoms with Crippen molar-refractivity contribution in [1.29, 1.82) is 0 Å². The summed E-state index contributed by atoms with van der Waals surface area (Å²) < 4.78 is 7.49. The zero-order valence-electron chi connectivity index (χ0n) is 14.7. The Balaban J connectivity index is 1.78. The lowest BCUT2D eigenvalue weighted by molar-refractivity contribution is -0.384. The molecule has 2 unspecified atom stereocenters. The van der Waals surface area contributed by atoms with Gasteiger partial charge in [-0.1, -0.05) is 0 Å². The highest BCUT2D eigenvalue weighted by Crippen LogP contribution is 2.40. The first kappa shape index (κ1) is 17.5. The smallest absolute Gasteiger partial charge is 0.404 e. The van der Waals surface area contributed by atoms with Crippen LogP contribution in [0.15, 0.2) is 18.5 Å². The Bertz CT molecular complexity index is 876. The van der Waals surface area contributed by atoms with Crippen LogP contribution in [0.3, 0.4) is 0 Å². The summed E-state index contributed by atoms with van der Waals surface area (Å²) in [6.07, 6.45) is 3.12. The maximum absolute atomic E-state index is 11.7. The third-order valence-corrected chi connectivity index (χ3v) is 5.35. The van der Waals surface area contributed by atoms with Crippen LogP contribution in [0, 0.1) is 10.1 Å². The number of nitro benzene ring substituents is 1. The molecule has 1 aromatic carbocycles. The number of amides is 1. The number of ether oxygens (including phenoxy) is 1. The molecule has 0 bridgehead atoms. The average molecular weight is 375 g/mol. The Hall–Kier alpha value is -2.88. The predicted molar refractivity (Wildman–Crippen MR) is 97.3 cm³/mol. The number of hydrogen-bond acceptors (Lipinski definition) is 6. The van der Waals surface area contributed by atoms with E-state index in [9.17, 15) is 14.9 Å². The number of carbonyl (C=O) groups is 1. The zero-order valence-corrected chi connectivity index (χ0v) is 14.7. The first-order valence-electron chi connectivity index (χ1n) is 9.01. The number of fused-ring (bicyclic) bond motifs is 1. The Morgan fingerprint density at radius 2 is 2.30 bits per heavy atom. The van der Waals surface area contributed by atoms with Crippen LogP contribution >= 0.6 is 0 Å². The number of aromatic nitrogens is 2. The van der Waals surface area contributed by atoms with Crippen LogP contribution < -0.4 is 10.2 Å². The van der Waals surface area contributed by atoms with Crippen LogP contribution in [0.2, 0.25) is 0 Å². The quantitative estimate of drug-likeness (QED) is 0.606. The first-order valence-corrected chi connectivity index (χ1v) is 9.01. The highest BCUT2D eigenvalue weighted by atomic mass is 16.6. The van der Waals surface area contributed by atoms with Gasteiger partial charge in [-0.15, -0.1) is 0 Å². The zero-order chi connectivity index (χ0) is 19.0. The lowest BCUT2D eigenvalue weighted by atomic mass is 10.1. The van der Waals surface area contributed by atoms with Crippen LogP contribution in [0.4, 0.5) is 16.2 Å². The third kappa shape index (κ3) is 3.16.